The number of methoxy groups -OCH3 is 1. The number of amides is 1. The van der Waals surface area contributed by atoms with Gasteiger partial charge in [0.1, 0.15) is 0 Å². The van der Waals surface area contributed by atoms with E-state index < -0.39 is 0 Å². The molecular weight excluding hydrogens is 244 g/mol. The van der Waals surface area contributed by atoms with Crippen LogP contribution in [0.15, 0.2) is 24.5 Å². The van der Waals surface area contributed by atoms with Crippen molar-refractivity contribution in [3.63, 3.8) is 0 Å². The molecular formula is C14H20N2O3. The summed E-state index contributed by atoms with van der Waals surface area (Å²) in [6, 6.07) is 3.73. The van der Waals surface area contributed by atoms with Gasteiger partial charge in [0.25, 0.3) is 0 Å². The maximum absolute atomic E-state index is 12.0. The molecule has 0 saturated carbocycles. The third kappa shape index (κ3) is 5.50. The number of hydrogen-bond donors (Lipinski definition) is 0. The Bertz CT molecular complexity index is 406. The van der Waals surface area contributed by atoms with Crippen molar-refractivity contribution in [3.05, 3.63) is 30.1 Å². The second kappa shape index (κ2) is 8.24. The van der Waals surface area contributed by atoms with Gasteiger partial charge in [-0.15, -0.1) is 0 Å². The van der Waals surface area contributed by atoms with Gasteiger partial charge < -0.3 is 9.64 Å². The highest BCUT2D eigenvalue weighted by Gasteiger charge is 2.14. The van der Waals surface area contributed by atoms with Crippen molar-refractivity contribution in [2.75, 3.05) is 13.7 Å². The van der Waals surface area contributed by atoms with E-state index in [9.17, 15) is 9.59 Å². The molecule has 0 aliphatic carbocycles. The average Bonchev–Trinajstić information content (AvgIpc) is 2.44. The number of pyridine rings is 1. The molecule has 0 radical (unpaired) electrons. The molecule has 104 valence electrons. The lowest BCUT2D eigenvalue weighted by Gasteiger charge is -2.22. The Kier molecular flexibility index (Phi) is 6.57. The van der Waals surface area contributed by atoms with Crippen LogP contribution >= 0.6 is 0 Å². The van der Waals surface area contributed by atoms with Crippen LogP contribution in [0.25, 0.3) is 0 Å². The van der Waals surface area contributed by atoms with Crippen molar-refractivity contribution in [2.45, 2.75) is 32.7 Å². The van der Waals surface area contributed by atoms with Crippen LogP contribution in [-0.4, -0.2) is 35.4 Å². The maximum atomic E-state index is 12.0. The molecule has 19 heavy (non-hydrogen) atoms. The summed E-state index contributed by atoms with van der Waals surface area (Å²) in [5.41, 5.74) is 1.00. The lowest BCUT2D eigenvalue weighted by atomic mass is 10.2. The fourth-order valence-corrected chi connectivity index (χ4v) is 1.70. The van der Waals surface area contributed by atoms with Crippen LogP contribution in [0.1, 0.15) is 31.7 Å². The monoisotopic (exact) mass is 264 g/mol. The van der Waals surface area contributed by atoms with Crippen LogP contribution in [0.4, 0.5) is 0 Å². The summed E-state index contributed by atoms with van der Waals surface area (Å²) in [5, 5.41) is 0. The summed E-state index contributed by atoms with van der Waals surface area (Å²) in [4.78, 5) is 28.8. The van der Waals surface area contributed by atoms with Gasteiger partial charge in [-0.2, -0.15) is 0 Å². The van der Waals surface area contributed by atoms with Gasteiger partial charge in [0.05, 0.1) is 13.5 Å². The van der Waals surface area contributed by atoms with Gasteiger partial charge in [-0.25, -0.2) is 0 Å². The Balaban J connectivity index is 2.63. The summed E-state index contributed by atoms with van der Waals surface area (Å²) in [7, 11) is 1.35. The zero-order chi connectivity index (χ0) is 14.1. The van der Waals surface area contributed by atoms with Crippen molar-refractivity contribution in [3.8, 4) is 0 Å². The molecule has 0 aromatic carbocycles. The minimum atomic E-state index is -0.302. The van der Waals surface area contributed by atoms with Gasteiger partial charge in [0, 0.05) is 31.9 Å². The first-order valence-corrected chi connectivity index (χ1v) is 6.40. The highest BCUT2D eigenvalue weighted by atomic mass is 16.5. The SMILES string of the molecule is CCCC(=O)N(CCC(=O)OC)Cc1ccncc1. The molecule has 0 aliphatic rings. The molecule has 0 bridgehead atoms. The predicted octanol–water partition coefficient (Wildman–Crippen LogP) is 1.77. The average molecular weight is 264 g/mol. The second-order valence-corrected chi connectivity index (χ2v) is 4.25. The quantitative estimate of drug-likeness (QED) is 0.704. The normalized spacial score (nSPS) is 10.0. The Morgan fingerprint density at radius 1 is 1.26 bits per heavy atom. The lowest BCUT2D eigenvalue weighted by Crippen LogP contribution is -2.32. The van der Waals surface area contributed by atoms with E-state index >= 15 is 0 Å². The van der Waals surface area contributed by atoms with Crippen molar-refractivity contribution >= 4 is 11.9 Å². The van der Waals surface area contributed by atoms with E-state index in [0.717, 1.165) is 12.0 Å². The third-order valence-corrected chi connectivity index (χ3v) is 2.75. The van der Waals surface area contributed by atoms with E-state index in [1.165, 1.54) is 7.11 Å². The molecule has 0 N–H and O–H groups in total. The maximum Gasteiger partial charge on any atom is 0.307 e. The fraction of sp³-hybridized carbons (Fsp3) is 0.500. The third-order valence-electron chi connectivity index (χ3n) is 2.75. The zero-order valence-corrected chi connectivity index (χ0v) is 11.5. The van der Waals surface area contributed by atoms with E-state index in [4.69, 9.17) is 0 Å². The number of nitrogens with zero attached hydrogens (tertiary/aromatic N) is 2. The van der Waals surface area contributed by atoms with Gasteiger partial charge in [-0.3, -0.25) is 14.6 Å². The molecule has 1 aromatic rings. The van der Waals surface area contributed by atoms with E-state index in [1.807, 2.05) is 19.1 Å². The summed E-state index contributed by atoms with van der Waals surface area (Å²) in [6.45, 7) is 2.84. The molecule has 5 heteroatoms. The van der Waals surface area contributed by atoms with Gasteiger partial charge in [-0.05, 0) is 24.1 Å². The minimum absolute atomic E-state index is 0.0585. The first-order valence-electron chi connectivity index (χ1n) is 6.40. The standard InChI is InChI=1S/C14H20N2O3/c1-3-4-13(17)16(10-7-14(18)19-2)11-12-5-8-15-9-6-12/h5-6,8-9H,3-4,7,10-11H2,1-2H3. The number of aromatic nitrogens is 1. The molecule has 0 saturated heterocycles. The summed E-state index contributed by atoms with van der Waals surface area (Å²) >= 11 is 0. The Morgan fingerprint density at radius 2 is 1.95 bits per heavy atom. The minimum Gasteiger partial charge on any atom is -0.469 e. The molecule has 1 amide bonds. The summed E-state index contributed by atoms with van der Waals surface area (Å²) in [6.07, 6.45) is 4.89. The topological polar surface area (TPSA) is 59.5 Å². The first-order chi connectivity index (χ1) is 9.17. The molecule has 0 unspecified atom stereocenters. The highest BCUT2D eigenvalue weighted by Crippen LogP contribution is 2.07. The molecule has 0 atom stereocenters. The van der Waals surface area contributed by atoms with Crippen LogP contribution in [-0.2, 0) is 20.9 Å². The van der Waals surface area contributed by atoms with Crippen LogP contribution < -0.4 is 0 Å². The van der Waals surface area contributed by atoms with Crippen molar-refractivity contribution in [1.29, 1.82) is 0 Å². The Hall–Kier alpha value is -1.91. The highest BCUT2D eigenvalue weighted by molar-refractivity contribution is 5.77. The molecule has 5 nitrogen and oxygen atoms in total. The molecule has 1 rings (SSSR count). The van der Waals surface area contributed by atoms with E-state index in [2.05, 4.69) is 9.72 Å². The molecule has 1 aromatic heterocycles. The zero-order valence-electron chi connectivity index (χ0n) is 11.5. The molecule has 1 heterocycles. The number of carbonyl (C=O) groups excluding carboxylic acids is 2. The molecule has 0 fully saturated rings. The van der Waals surface area contributed by atoms with Gasteiger partial charge >= 0.3 is 5.97 Å². The van der Waals surface area contributed by atoms with Gasteiger partial charge in [0.2, 0.25) is 5.91 Å². The molecule has 0 spiro atoms. The van der Waals surface area contributed by atoms with Gasteiger partial charge in [0.15, 0.2) is 0 Å². The smallest absolute Gasteiger partial charge is 0.307 e. The van der Waals surface area contributed by atoms with E-state index in [-0.39, 0.29) is 18.3 Å². The second-order valence-electron chi connectivity index (χ2n) is 4.25. The van der Waals surface area contributed by atoms with Crippen molar-refractivity contribution in [1.82, 2.24) is 9.88 Å². The number of ether oxygens (including phenoxy) is 1. The van der Waals surface area contributed by atoms with E-state index in [1.54, 1.807) is 17.3 Å². The predicted molar refractivity (Wildman–Crippen MR) is 71.2 cm³/mol. The Labute approximate surface area is 113 Å². The first kappa shape index (κ1) is 15.1. The van der Waals surface area contributed by atoms with Crippen LogP contribution in [0.2, 0.25) is 0 Å². The van der Waals surface area contributed by atoms with Crippen LogP contribution in [0.3, 0.4) is 0 Å². The van der Waals surface area contributed by atoms with Crippen LogP contribution in [0, 0.1) is 0 Å². The van der Waals surface area contributed by atoms with Crippen molar-refractivity contribution in [2.24, 2.45) is 0 Å². The van der Waals surface area contributed by atoms with E-state index in [0.29, 0.717) is 19.5 Å². The lowest BCUT2D eigenvalue weighted by molar-refractivity contribution is -0.142. The van der Waals surface area contributed by atoms with Gasteiger partial charge in [-0.1, -0.05) is 6.92 Å². The molecule has 0 aliphatic heterocycles. The number of hydrogen-bond acceptors (Lipinski definition) is 4. The van der Waals surface area contributed by atoms with Crippen LogP contribution in [0.5, 0.6) is 0 Å². The van der Waals surface area contributed by atoms with Crippen molar-refractivity contribution < 1.29 is 14.3 Å². The fourth-order valence-electron chi connectivity index (χ4n) is 1.70. The Morgan fingerprint density at radius 3 is 2.53 bits per heavy atom. The number of rotatable bonds is 7. The number of carbonyl (C=O) groups is 2. The number of esters is 1. The largest absolute Gasteiger partial charge is 0.469 e. The summed E-state index contributed by atoms with van der Waals surface area (Å²) < 4.78 is 4.60. The summed E-state index contributed by atoms with van der Waals surface area (Å²) in [5.74, 6) is -0.243.